The van der Waals surface area contributed by atoms with Gasteiger partial charge in [0, 0.05) is 21.8 Å². The molecule has 2 fully saturated rings. The molecule has 0 aliphatic carbocycles. The van der Waals surface area contributed by atoms with Crippen LogP contribution in [0.15, 0.2) is 64.1 Å². The van der Waals surface area contributed by atoms with Crippen LogP contribution in [0.1, 0.15) is 12.0 Å². The van der Waals surface area contributed by atoms with Crippen LogP contribution >= 0.6 is 27.7 Å². The highest BCUT2D eigenvalue weighted by Crippen LogP contribution is 2.41. The van der Waals surface area contributed by atoms with Crippen LogP contribution in [0.4, 0.5) is 5.69 Å². The molecule has 2 heterocycles. The second-order valence-electron chi connectivity index (χ2n) is 6.92. The fraction of sp³-hybridized carbons (Fsp3) is 0.300. The van der Waals surface area contributed by atoms with Crippen molar-refractivity contribution in [3.8, 4) is 0 Å². The van der Waals surface area contributed by atoms with Gasteiger partial charge in [0.25, 0.3) is 0 Å². The lowest BCUT2D eigenvalue weighted by Gasteiger charge is -2.24. The minimum Gasteiger partial charge on any atom is -0.316 e. The first kappa shape index (κ1) is 19.7. The van der Waals surface area contributed by atoms with Gasteiger partial charge < -0.3 is 4.90 Å². The lowest BCUT2D eigenvalue weighted by Crippen LogP contribution is -2.37. The number of hydrogen-bond acceptors (Lipinski definition) is 4. The minimum atomic E-state index is -3.06. The van der Waals surface area contributed by atoms with Crippen molar-refractivity contribution in [3.05, 3.63) is 64.6 Å². The third-order valence-electron chi connectivity index (χ3n) is 4.86. The average Bonchev–Trinajstić information content (AvgIpc) is 3.12. The van der Waals surface area contributed by atoms with Gasteiger partial charge in [0.15, 0.2) is 15.0 Å². The van der Waals surface area contributed by atoms with Crippen LogP contribution in [0.3, 0.4) is 0 Å². The van der Waals surface area contributed by atoms with Gasteiger partial charge >= 0.3 is 0 Å². The van der Waals surface area contributed by atoms with E-state index in [1.807, 2.05) is 59.5 Å². The molecule has 0 bridgehead atoms. The van der Waals surface area contributed by atoms with E-state index in [1.165, 1.54) is 11.8 Å². The molecule has 2 atom stereocenters. The molecule has 5 nitrogen and oxygen atoms in total. The first-order valence-corrected chi connectivity index (χ1v) is 12.5. The standard InChI is InChI=1S/C20H19BrN2O3S2/c21-15-7-9-16(10-8-15)23-17-12-28(25,26)13-18(17)27-20(23)22-19(24)11-6-14-4-2-1-3-5-14/h1-5,7-10,17-18H,6,11-13H2/t17-,18-/m0/s1. The zero-order chi connectivity index (χ0) is 19.7. The van der Waals surface area contributed by atoms with Gasteiger partial charge in [0.1, 0.15) is 0 Å². The van der Waals surface area contributed by atoms with E-state index in [0.717, 1.165) is 15.7 Å². The summed E-state index contributed by atoms with van der Waals surface area (Å²) in [6.45, 7) is 0. The van der Waals surface area contributed by atoms with Crippen LogP contribution in [0.2, 0.25) is 0 Å². The van der Waals surface area contributed by atoms with E-state index in [2.05, 4.69) is 20.9 Å². The van der Waals surface area contributed by atoms with Crippen LogP contribution in [0, 0.1) is 0 Å². The molecular weight excluding hydrogens is 460 g/mol. The molecule has 0 spiro atoms. The number of hydrogen-bond donors (Lipinski definition) is 0. The Balaban J connectivity index is 1.56. The number of anilines is 1. The molecule has 4 rings (SSSR count). The predicted molar refractivity (Wildman–Crippen MR) is 118 cm³/mol. The smallest absolute Gasteiger partial charge is 0.248 e. The summed E-state index contributed by atoms with van der Waals surface area (Å²) >= 11 is 4.83. The largest absolute Gasteiger partial charge is 0.316 e. The van der Waals surface area contributed by atoms with Crippen molar-refractivity contribution in [3.63, 3.8) is 0 Å². The number of aliphatic imine (C=N–C) groups is 1. The van der Waals surface area contributed by atoms with E-state index in [4.69, 9.17) is 0 Å². The highest BCUT2D eigenvalue weighted by Gasteiger charge is 2.49. The van der Waals surface area contributed by atoms with E-state index in [1.54, 1.807) is 0 Å². The molecule has 28 heavy (non-hydrogen) atoms. The third kappa shape index (κ3) is 4.34. The Kier molecular flexibility index (Phi) is 5.62. The minimum absolute atomic E-state index is 0.0886. The van der Waals surface area contributed by atoms with E-state index < -0.39 is 9.84 Å². The lowest BCUT2D eigenvalue weighted by molar-refractivity contribution is -0.117. The molecule has 0 radical (unpaired) electrons. The lowest BCUT2D eigenvalue weighted by atomic mass is 10.1. The molecule has 0 N–H and O–H groups in total. The summed E-state index contributed by atoms with van der Waals surface area (Å²) in [6, 6.07) is 17.3. The SMILES string of the molecule is O=C(CCc1ccccc1)N=C1S[C@H]2CS(=O)(=O)C[C@@H]2N1c1ccc(Br)cc1. The maximum atomic E-state index is 12.5. The number of carbonyl (C=O) groups excluding carboxylic acids is 1. The number of carbonyl (C=O) groups is 1. The number of aryl methyl sites for hydroxylation is 1. The van der Waals surface area contributed by atoms with Gasteiger partial charge in [0.05, 0.1) is 17.5 Å². The zero-order valence-electron chi connectivity index (χ0n) is 15.0. The molecular formula is C20H19BrN2O3S2. The Labute approximate surface area is 177 Å². The van der Waals surface area contributed by atoms with E-state index in [9.17, 15) is 13.2 Å². The van der Waals surface area contributed by atoms with Gasteiger partial charge in [-0.1, -0.05) is 58.0 Å². The van der Waals surface area contributed by atoms with Crippen LogP contribution in [0.25, 0.3) is 0 Å². The summed E-state index contributed by atoms with van der Waals surface area (Å²) in [5.74, 6) is 0.0427. The Hall–Kier alpha value is -1.64. The van der Waals surface area contributed by atoms with Crippen molar-refractivity contribution in [2.45, 2.75) is 24.1 Å². The number of amidine groups is 1. The molecule has 146 valence electrons. The van der Waals surface area contributed by atoms with Gasteiger partial charge in [-0.2, -0.15) is 4.99 Å². The van der Waals surface area contributed by atoms with Crippen LogP contribution in [0.5, 0.6) is 0 Å². The number of sulfone groups is 1. The molecule has 8 heteroatoms. The number of nitrogens with zero attached hydrogens (tertiary/aromatic N) is 2. The van der Waals surface area contributed by atoms with Crippen molar-refractivity contribution in [1.29, 1.82) is 0 Å². The molecule has 2 aliphatic rings. The van der Waals surface area contributed by atoms with Crippen molar-refractivity contribution in [1.82, 2.24) is 0 Å². The predicted octanol–water partition coefficient (Wildman–Crippen LogP) is 3.68. The number of rotatable bonds is 4. The summed E-state index contributed by atoms with van der Waals surface area (Å²) in [4.78, 5) is 18.8. The van der Waals surface area contributed by atoms with Gasteiger partial charge in [-0.25, -0.2) is 8.42 Å². The number of benzene rings is 2. The molecule has 2 aromatic carbocycles. The Bertz CT molecular complexity index is 1010. The Morgan fingerprint density at radius 1 is 1.11 bits per heavy atom. The van der Waals surface area contributed by atoms with E-state index >= 15 is 0 Å². The first-order valence-electron chi connectivity index (χ1n) is 8.99. The monoisotopic (exact) mass is 478 g/mol. The molecule has 0 saturated carbocycles. The maximum absolute atomic E-state index is 12.5. The number of amides is 1. The van der Waals surface area contributed by atoms with Crippen molar-refractivity contribution < 1.29 is 13.2 Å². The fourth-order valence-electron chi connectivity index (χ4n) is 3.53. The number of fused-ring (bicyclic) bond motifs is 1. The zero-order valence-corrected chi connectivity index (χ0v) is 18.2. The fourth-order valence-corrected chi connectivity index (χ4v) is 7.72. The molecule has 2 aliphatic heterocycles. The Morgan fingerprint density at radius 2 is 1.82 bits per heavy atom. The molecule has 2 saturated heterocycles. The topological polar surface area (TPSA) is 66.8 Å². The average molecular weight is 479 g/mol. The van der Waals surface area contributed by atoms with Crippen LogP contribution < -0.4 is 4.90 Å². The van der Waals surface area contributed by atoms with Gasteiger partial charge in [-0.15, -0.1) is 0 Å². The van der Waals surface area contributed by atoms with E-state index in [0.29, 0.717) is 18.0 Å². The van der Waals surface area contributed by atoms with Gasteiger partial charge in [0.2, 0.25) is 5.91 Å². The molecule has 2 aromatic rings. The third-order valence-corrected chi connectivity index (χ3v) is 8.60. The molecule has 1 amide bonds. The summed E-state index contributed by atoms with van der Waals surface area (Å²) in [7, 11) is -3.06. The summed E-state index contributed by atoms with van der Waals surface area (Å²) in [5, 5.41) is 0.514. The second kappa shape index (κ2) is 8.00. The summed E-state index contributed by atoms with van der Waals surface area (Å²) in [6.07, 6.45) is 0.969. The highest BCUT2D eigenvalue weighted by atomic mass is 79.9. The van der Waals surface area contributed by atoms with Crippen molar-refractivity contribution >= 4 is 54.3 Å². The summed E-state index contributed by atoms with van der Waals surface area (Å²) < 4.78 is 25.2. The maximum Gasteiger partial charge on any atom is 0.248 e. The van der Waals surface area contributed by atoms with E-state index in [-0.39, 0.29) is 28.7 Å². The van der Waals surface area contributed by atoms with Gasteiger partial charge in [-0.3, -0.25) is 4.79 Å². The normalized spacial score (nSPS) is 24.5. The van der Waals surface area contributed by atoms with Crippen molar-refractivity contribution in [2.24, 2.45) is 4.99 Å². The summed E-state index contributed by atoms with van der Waals surface area (Å²) in [5.41, 5.74) is 1.96. The molecule has 0 aromatic heterocycles. The van der Waals surface area contributed by atoms with Crippen LogP contribution in [-0.4, -0.2) is 42.3 Å². The second-order valence-corrected chi connectivity index (χ2v) is 11.2. The first-order chi connectivity index (χ1) is 13.4. The number of halogens is 1. The van der Waals surface area contributed by atoms with Gasteiger partial charge in [-0.05, 0) is 36.2 Å². The van der Waals surface area contributed by atoms with Crippen LogP contribution in [-0.2, 0) is 21.1 Å². The Morgan fingerprint density at radius 3 is 2.54 bits per heavy atom. The molecule has 0 unspecified atom stereocenters. The quantitative estimate of drug-likeness (QED) is 0.670. The number of thioether (sulfide) groups is 1. The van der Waals surface area contributed by atoms with Crippen molar-refractivity contribution in [2.75, 3.05) is 16.4 Å². The highest BCUT2D eigenvalue weighted by molar-refractivity contribution is 9.10.